The monoisotopic (exact) mass is 357 g/mol. The Morgan fingerprint density at radius 1 is 1.33 bits per heavy atom. The van der Waals surface area contributed by atoms with Gasteiger partial charge in [-0.1, -0.05) is 36.2 Å². The van der Waals surface area contributed by atoms with Crippen LogP contribution in [0.15, 0.2) is 22.7 Å². The van der Waals surface area contributed by atoms with Crippen molar-refractivity contribution >= 4 is 27.8 Å². The number of esters is 1. The Balaban J connectivity index is 2.99. The van der Waals surface area contributed by atoms with Crippen molar-refractivity contribution in [1.29, 1.82) is 0 Å². The molecule has 0 fully saturated rings. The molecule has 0 bridgehead atoms. The number of ether oxygens (including phenoxy) is 2. The second-order valence-corrected chi connectivity index (χ2v) is 5.62. The molecule has 6 heteroatoms. The van der Waals surface area contributed by atoms with Crippen LogP contribution in [0, 0.1) is 5.92 Å². The molecule has 0 aliphatic carbocycles. The lowest BCUT2D eigenvalue weighted by Crippen LogP contribution is -2.45. The predicted octanol–water partition coefficient (Wildman–Crippen LogP) is 2.78. The summed E-state index contributed by atoms with van der Waals surface area (Å²) in [6.45, 7) is 3.84. The van der Waals surface area contributed by atoms with Crippen LogP contribution in [0.1, 0.15) is 30.6 Å². The number of amides is 1. The van der Waals surface area contributed by atoms with E-state index in [4.69, 9.17) is 9.47 Å². The van der Waals surface area contributed by atoms with E-state index < -0.39 is 12.0 Å². The van der Waals surface area contributed by atoms with Gasteiger partial charge in [0.05, 0.1) is 19.8 Å². The molecule has 2 unspecified atom stereocenters. The van der Waals surface area contributed by atoms with Crippen molar-refractivity contribution < 1.29 is 19.1 Å². The molecule has 0 saturated carbocycles. The van der Waals surface area contributed by atoms with E-state index in [0.29, 0.717) is 11.3 Å². The van der Waals surface area contributed by atoms with Crippen LogP contribution in [-0.2, 0) is 9.53 Å². The van der Waals surface area contributed by atoms with Gasteiger partial charge in [-0.25, -0.2) is 4.79 Å². The maximum absolute atomic E-state index is 12.4. The lowest BCUT2D eigenvalue weighted by atomic mass is 9.98. The van der Waals surface area contributed by atoms with Crippen LogP contribution < -0.4 is 10.1 Å². The minimum absolute atomic E-state index is 0.0251. The van der Waals surface area contributed by atoms with Crippen molar-refractivity contribution in [1.82, 2.24) is 5.32 Å². The van der Waals surface area contributed by atoms with Crippen molar-refractivity contribution in [2.75, 3.05) is 14.2 Å². The number of methoxy groups -OCH3 is 2. The number of rotatable bonds is 6. The SMILES string of the molecule is CCC(C)C(NC(=O)c1ccc(Br)cc1OC)C(=O)OC. The van der Waals surface area contributed by atoms with E-state index in [-0.39, 0.29) is 11.8 Å². The highest BCUT2D eigenvalue weighted by atomic mass is 79.9. The third-order valence-electron chi connectivity index (χ3n) is 3.36. The first-order chi connectivity index (χ1) is 9.94. The van der Waals surface area contributed by atoms with Gasteiger partial charge in [0.2, 0.25) is 0 Å². The summed E-state index contributed by atoms with van der Waals surface area (Å²) in [7, 11) is 2.80. The van der Waals surface area contributed by atoms with E-state index in [1.807, 2.05) is 13.8 Å². The van der Waals surface area contributed by atoms with E-state index in [0.717, 1.165) is 10.9 Å². The number of nitrogens with one attached hydrogen (secondary N) is 1. The highest BCUT2D eigenvalue weighted by Crippen LogP contribution is 2.24. The number of hydrogen-bond acceptors (Lipinski definition) is 4. The Labute approximate surface area is 133 Å². The van der Waals surface area contributed by atoms with Gasteiger partial charge in [-0.2, -0.15) is 0 Å². The maximum Gasteiger partial charge on any atom is 0.328 e. The second-order valence-electron chi connectivity index (χ2n) is 4.70. The van der Waals surface area contributed by atoms with Gasteiger partial charge < -0.3 is 14.8 Å². The fourth-order valence-electron chi connectivity index (χ4n) is 1.87. The van der Waals surface area contributed by atoms with Gasteiger partial charge >= 0.3 is 5.97 Å². The van der Waals surface area contributed by atoms with Crippen LogP contribution in [0.2, 0.25) is 0 Å². The predicted molar refractivity (Wildman–Crippen MR) is 83.4 cm³/mol. The normalized spacial score (nSPS) is 13.2. The van der Waals surface area contributed by atoms with Crippen LogP contribution in [0.25, 0.3) is 0 Å². The second kappa shape index (κ2) is 8.02. The summed E-state index contributed by atoms with van der Waals surface area (Å²) >= 11 is 3.32. The Hall–Kier alpha value is -1.56. The number of benzene rings is 1. The van der Waals surface area contributed by atoms with Crippen LogP contribution in [0.5, 0.6) is 5.75 Å². The number of carbonyl (C=O) groups is 2. The van der Waals surface area contributed by atoms with Crippen LogP contribution in [0.3, 0.4) is 0 Å². The van der Waals surface area contributed by atoms with E-state index in [1.54, 1.807) is 18.2 Å². The first-order valence-corrected chi connectivity index (χ1v) is 7.46. The van der Waals surface area contributed by atoms with Crippen molar-refractivity contribution in [3.8, 4) is 5.75 Å². The standard InChI is InChI=1S/C15H20BrNO4/c1-5-9(2)13(15(19)21-4)17-14(18)11-7-6-10(16)8-12(11)20-3/h6-9,13H,5H2,1-4H3,(H,17,18). The average Bonchev–Trinajstić information content (AvgIpc) is 2.50. The molecule has 0 heterocycles. The van der Waals surface area contributed by atoms with Crippen molar-refractivity contribution in [2.24, 2.45) is 5.92 Å². The highest BCUT2D eigenvalue weighted by molar-refractivity contribution is 9.10. The zero-order chi connectivity index (χ0) is 16.0. The number of hydrogen-bond donors (Lipinski definition) is 1. The van der Waals surface area contributed by atoms with Crippen LogP contribution >= 0.6 is 15.9 Å². The number of carbonyl (C=O) groups excluding carboxylic acids is 2. The summed E-state index contributed by atoms with van der Waals surface area (Å²) in [6.07, 6.45) is 0.748. The topological polar surface area (TPSA) is 64.6 Å². The molecule has 0 aliphatic heterocycles. The summed E-state index contributed by atoms with van der Waals surface area (Å²) in [5, 5.41) is 2.72. The van der Waals surface area contributed by atoms with Gasteiger partial charge in [0, 0.05) is 4.47 Å². The zero-order valence-corrected chi connectivity index (χ0v) is 14.2. The van der Waals surface area contributed by atoms with Gasteiger partial charge in [-0.3, -0.25) is 4.79 Å². The fraction of sp³-hybridized carbons (Fsp3) is 0.467. The van der Waals surface area contributed by atoms with Crippen LogP contribution in [-0.4, -0.2) is 32.1 Å². The summed E-state index contributed by atoms with van der Waals surface area (Å²) in [5.74, 6) is -0.402. The van der Waals surface area contributed by atoms with E-state index in [9.17, 15) is 9.59 Å². The van der Waals surface area contributed by atoms with E-state index >= 15 is 0 Å². The van der Waals surface area contributed by atoms with Crippen molar-refractivity contribution in [3.63, 3.8) is 0 Å². The number of halogens is 1. The van der Waals surface area contributed by atoms with Gasteiger partial charge in [0.25, 0.3) is 5.91 Å². The molecule has 0 radical (unpaired) electrons. The molecule has 1 amide bonds. The molecule has 5 nitrogen and oxygen atoms in total. The van der Waals surface area contributed by atoms with Gasteiger partial charge in [0.1, 0.15) is 11.8 Å². The fourth-order valence-corrected chi connectivity index (χ4v) is 2.21. The molecule has 1 N–H and O–H groups in total. The minimum Gasteiger partial charge on any atom is -0.496 e. The van der Waals surface area contributed by atoms with Gasteiger partial charge in [0.15, 0.2) is 0 Å². The van der Waals surface area contributed by atoms with Crippen molar-refractivity contribution in [2.45, 2.75) is 26.3 Å². The molecule has 1 aromatic carbocycles. The Bertz CT molecular complexity index is 518. The van der Waals surface area contributed by atoms with Gasteiger partial charge in [-0.05, 0) is 24.1 Å². The van der Waals surface area contributed by atoms with Gasteiger partial charge in [-0.15, -0.1) is 0 Å². The Morgan fingerprint density at radius 2 is 2.00 bits per heavy atom. The highest BCUT2D eigenvalue weighted by Gasteiger charge is 2.27. The molecule has 116 valence electrons. The maximum atomic E-state index is 12.4. The summed E-state index contributed by atoms with van der Waals surface area (Å²) in [4.78, 5) is 24.2. The molecule has 2 atom stereocenters. The van der Waals surface area contributed by atoms with Crippen LogP contribution in [0.4, 0.5) is 0 Å². The first-order valence-electron chi connectivity index (χ1n) is 6.66. The quantitative estimate of drug-likeness (QED) is 0.795. The third kappa shape index (κ3) is 4.46. The minimum atomic E-state index is -0.680. The lowest BCUT2D eigenvalue weighted by Gasteiger charge is -2.22. The molecule has 0 aromatic heterocycles. The summed E-state index contributed by atoms with van der Waals surface area (Å²) < 4.78 is 10.8. The molecule has 1 rings (SSSR count). The van der Waals surface area contributed by atoms with Crippen molar-refractivity contribution in [3.05, 3.63) is 28.2 Å². The summed E-state index contributed by atoms with van der Waals surface area (Å²) in [6, 6.07) is 4.41. The molecule has 21 heavy (non-hydrogen) atoms. The third-order valence-corrected chi connectivity index (χ3v) is 3.86. The first kappa shape index (κ1) is 17.5. The molecular formula is C15H20BrNO4. The molecule has 1 aromatic rings. The molecule has 0 saturated heterocycles. The molecule has 0 aliphatic rings. The van der Waals surface area contributed by atoms with E-state index in [1.165, 1.54) is 14.2 Å². The zero-order valence-electron chi connectivity index (χ0n) is 12.6. The molecular weight excluding hydrogens is 338 g/mol. The Morgan fingerprint density at radius 3 is 2.52 bits per heavy atom. The average molecular weight is 358 g/mol. The Kier molecular flexibility index (Phi) is 6.68. The summed E-state index contributed by atoms with van der Waals surface area (Å²) in [5.41, 5.74) is 0.373. The lowest BCUT2D eigenvalue weighted by molar-refractivity contribution is -0.144. The molecule has 0 spiro atoms. The smallest absolute Gasteiger partial charge is 0.328 e. The largest absolute Gasteiger partial charge is 0.496 e. The van der Waals surface area contributed by atoms with E-state index in [2.05, 4.69) is 21.2 Å².